The summed E-state index contributed by atoms with van der Waals surface area (Å²) in [5.41, 5.74) is 4.36. The molecule has 0 bridgehead atoms. The number of amides is 1. The lowest BCUT2D eigenvalue weighted by atomic mass is 10.0. The van der Waals surface area contributed by atoms with Crippen molar-refractivity contribution in [2.75, 3.05) is 6.61 Å². The van der Waals surface area contributed by atoms with Crippen LogP contribution in [0.2, 0.25) is 5.02 Å². The van der Waals surface area contributed by atoms with Gasteiger partial charge in [-0.05, 0) is 42.2 Å². The van der Waals surface area contributed by atoms with Gasteiger partial charge < -0.3 is 4.74 Å². The van der Waals surface area contributed by atoms with E-state index in [9.17, 15) is 14.9 Å². The molecule has 2 rings (SSSR count). The lowest BCUT2D eigenvalue weighted by Crippen LogP contribution is -2.25. The van der Waals surface area contributed by atoms with Gasteiger partial charge in [0, 0.05) is 11.1 Å². The average Bonchev–Trinajstić information content (AvgIpc) is 2.59. The second-order valence-electron chi connectivity index (χ2n) is 6.24. The predicted molar refractivity (Wildman–Crippen MR) is 105 cm³/mol. The van der Waals surface area contributed by atoms with E-state index in [-0.39, 0.29) is 23.8 Å². The number of benzene rings is 2. The number of nitro benzene ring substituents is 1. The quantitative estimate of drug-likeness (QED) is 0.436. The first-order chi connectivity index (χ1) is 12.8. The zero-order valence-electron chi connectivity index (χ0n) is 15.2. The van der Waals surface area contributed by atoms with Crippen LogP contribution in [0, 0.1) is 17.0 Å². The van der Waals surface area contributed by atoms with Crippen LogP contribution in [0.1, 0.15) is 36.5 Å². The Hall–Kier alpha value is -2.93. The van der Waals surface area contributed by atoms with E-state index in [2.05, 4.69) is 10.5 Å². The van der Waals surface area contributed by atoms with E-state index >= 15 is 0 Å². The molecule has 1 amide bonds. The van der Waals surface area contributed by atoms with Crippen molar-refractivity contribution in [3.05, 3.63) is 68.2 Å². The third kappa shape index (κ3) is 5.79. The van der Waals surface area contributed by atoms with Crippen LogP contribution in [0.4, 0.5) is 5.69 Å². The second-order valence-corrected chi connectivity index (χ2v) is 6.67. The molecule has 0 atom stereocenters. The van der Waals surface area contributed by atoms with Gasteiger partial charge in [0.25, 0.3) is 11.6 Å². The summed E-state index contributed by atoms with van der Waals surface area (Å²) in [7, 11) is 0. The van der Waals surface area contributed by atoms with Gasteiger partial charge >= 0.3 is 0 Å². The van der Waals surface area contributed by atoms with E-state index in [4.69, 9.17) is 16.3 Å². The molecular weight excluding hydrogens is 370 g/mol. The molecular formula is C19H20ClN3O4. The smallest absolute Gasteiger partial charge is 0.278 e. The molecule has 0 saturated heterocycles. The molecule has 8 heteroatoms. The zero-order valence-corrected chi connectivity index (χ0v) is 16.0. The minimum atomic E-state index is -0.548. The summed E-state index contributed by atoms with van der Waals surface area (Å²) in [5.74, 6) is 0.423. The number of halogens is 1. The van der Waals surface area contributed by atoms with Gasteiger partial charge in [-0.15, -0.1) is 0 Å². The lowest BCUT2D eigenvalue weighted by molar-refractivity contribution is -0.385. The van der Waals surface area contributed by atoms with Crippen LogP contribution >= 0.6 is 11.6 Å². The number of nitrogens with one attached hydrogen (secondary N) is 1. The number of hydrogen-bond donors (Lipinski definition) is 1. The van der Waals surface area contributed by atoms with E-state index in [1.54, 1.807) is 0 Å². The minimum Gasteiger partial charge on any atom is -0.483 e. The molecule has 0 radical (unpaired) electrons. The highest BCUT2D eigenvalue weighted by molar-refractivity contribution is 6.31. The molecule has 0 aliphatic carbocycles. The van der Waals surface area contributed by atoms with E-state index in [0.717, 1.165) is 11.1 Å². The number of ether oxygens (including phenoxy) is 1. The lowest BCUT2D eigenvalue weighted by Gasteiger charge is -2.14. The highest BCUT2D eigenvalue weighted by Crippen LogP contribution is 2.27. The Kier molecular flexibility index (Phi) is 6.90. The van der Waals surface area contributed by atoms with Crippen molar-refractivity contribution in [1.29, 1.82) is 0 Å². The van der Waals surface area contributed by atoms with E-state index in [1.807, 2.05) is 39.0 Å². The fourth-order valence-corrected chi connectivity index (χ4v) is 2.57. The summed E-state index contributed by atoms with van der Waals surface area (Å²) < 4.78 is 5.61. The first-order valence-electron chi connectivity index (χ1n) is 8.27. The number of aryl methyl sites for hydroxylation is 1. The third-order valence-electron chi connectivity index (χ3n) is 3.73. The van der Waals surface area contributed by atoms with Gasteiger partial charge in [-0.25, -0.2) is 5.43 Å². The topological polar surface area (TPSA) is 93.8 Å². The number of nitrogens with zero attached hydrogens (tertiary/aromatic N) is 2. The van der Waals surface area contributed by atoms with Crippen molar-refractivity contribution in [3.8, 4) is 5.75 Å². The highest BCUT2D eigenvalue weighted by Gasteiger charge is 2.13. The zero-order chi connectivity index (χ0) is 20.0. The molecule has 7 nitrogen and oxygen atoms in total. The van der Waals surface area contributed by atoms with Gasteiger partial charge in [-0.1, -0.05) is 37.6 Å². The van der Waals surface area contributed by atoms with Crippen LogP contribution in [-0.4, -0.2) is 23.7 Å². The summed E-state index contributed by atoms with van der Waals surface area (Å²) >= 11 is 5.84. The van der Waals surface area contributed by atoms with Gasteiger partial charge in [0.15, 0.2) is 6.61 Å². The van der Waals surface area contributed by atoms with Gasteiger partial charge in [0.05, 0.1) is 16.7 Å². The van der Waals surface area contributed by atoms with Gasteiger partial charge in [-0.3, -0.25) is 14.9 Å². The standard InChI is InChI=1S/C19H20ClN3O4/c1-12(2)16-6-4-13(3)8-18(16)27-11-19(24)22-21-10-14-9-15(20)5-7-17(14)23(25)26/h4-10,12H,11H2,1-3H3,(H,22,24). The number of carbonyl (C=O) groups excluding carboxylic acids is 1. The largest absolute Gasteiger partial charge is 0.483 e. The van der Waals surface area contributed by atoms with Gasteiger partial charge in [0.1, 0.15) is 5.75 Å². The summed E-state index contributed by atoms with van der Waals surface area (Å²) in [6, 6.07) is 9.93. The predicted octanol–water partition coefficient (Wildman–Crippen LogP) is 4.21. The molecule has 2 aromatic carbocycles. The van der Waals surface area contributed by atoms with Crippen molar-refractivity contribution >= 4 is 29.4 Å². The SMILES string of the molecule is Cc1ccc(C(C)C)c(OCC(=O)NN=Cc2cc(Cl)ccc2[N+](=O)[O-])c1. The average molecular weight is 390 g/mol. The Balaban J connectivity index is 2.00. The second kappa shape index (κ2) is 9.14. The molecule has 1 N–H and O–H groups in total. The Morgan fingerprint density at radius 2 is 2.07 bits per heavy atom. The van der Waals surface area contributed by atoms with Gasteiger partial charge in [-0.2, -0.15) is 5.10 Å². The molecule has 0 unspecified atom stereocenters. The maximum atomic E-state index is 11.9. The number of hydrogen-bond acceptors (Lipinski definition) is 5. The molecule has 0 heterocycles. The number of carbonyl (C=O) groups is 1. The van der Waals surface area contributed by atoms with E-state index in [0.29, 0.717) is 10.8 Å². The third-order valence-corrected chi connectivity index (χ3v) is 3.96. The monoisotopic (exact) mass is 389 g/mol. The summed E-state index contributed by atoms with van der Waals surface area (Å²) in [4.78, 5) is 22.4. The Bertz CT molecular complexity index is 881. The van der Waals surface area contributed by atoms with Crippen molar-refractivity contribution in [2.45, 2.75) is 26.7 Å². The number of nitro groups is 1. The minimum absolute atomic E-state index is 0.157. The molecule has 0 aliphatic rings. The Labute approximate surface area is 162 Å². The normalized spacial score (nSPS) is 11.0. The molecule has 27 heavy (non-hydrogen) atoms. The van der Waals surface area contributed by atoms with Crippen molar-refractivity contribution in [3.63, 3.8) is 0 Å². The fourth-order valence-electron chi connectivity index (χ4n) is 2.39. The van der Waals surface area contributed by atoms with Crippen LogP contribution in [0.3, 0.4) is 0 Å². The Morgan fingerprint density at radius 1 is 1.33 bits per heavy atom. The maximum Gasteiger partial charge on any atom is 0.278 e. The first kappa shape index (κ1) is 20.4. The summed E-state index contributed by atoms with van der Waals surface area (Å²) in [6.07, 6.45) is 1.17. The van der Waals surface area contributed by atoms with Crippen molar-refractivity contribution in [1.82, 2.24) is 5.43 Å². The maximum absolute atomic E-state index is 11.9. The summed E-state index contributed by atoms with van der Waals surface area (Å²) in [5, 5.41) is 15.1. The van der Waals surface area contributed by atoms with Crippen LogP contribution in [-0.2, 0) is 4.79 Å². The van der Waals surface area contributed by atoms with Crippen molar-refractivity contribution < 1.29 is 14.5 Å². The molecule has 0 fully saturated rings. The number of rotatable bonds is 7. The molecule has 0 aromatic heterocycles. The molecule has 0 spiro atoms. The van der Waals surface area contributed by atoms with Gasteiger partial charge in [0.2, 0.25) is 0 Å². The van der Waals surface area contributed by atoms with Crippen LogP contribution in [0.25, 0.3) is 0 Å². The van der Waals surface area contributed by atoms with E-state index in [1.165, 1.54) is 24.4 Å². The first-order valence-corrected chi connectivity index (χ1v) is 8.65. The Morgan fingerprint density at radius 3 is 2.74 bits per heavy atom. The fraction of sp³-hybridized carbons (Fsp3) is 0.263. The van der Waals surface area contributed by atoms with Crippen LogP contribution < -0.4 is 10.2 Å². The van der Waals surface area contributed by atoms with Crippen LogP contribution in [0.5, 0.6) is 5.75 Å². The number of hydrazone groups is 1. The molecule has 142 valence electrons. The van der Waals surface area contributed by atoms with Crippen molar-refractivity contribution in [2.24, 2.45) is 5.10 Å². The molecule has 0 aliphatic heterocycles. The summed E-state index contributed by atoms with van der Waals surface area (Å²) in [6.45, 7) is 5.80. The molecule has 2 aromatic rings. The highest BCUT2D eigenvalue weighted by atomic mass is 35.5. The molecule has 0 saturated carbocycles. The van der Waals surface area contributed by atoms with Crippen LogP contribution in [0.15, 0.2) is 41.5 Å². The van der Waals surface area contributed by atoms with E-state index < -0.39 is 10.8 Å².